The van der Waals surface area contributed by atoms with E-state index in [1.807, 2.05) is 11.3 Å². The maximum atomic E-state index is 2.46. The summed E-state index contributed by atoms with van der Waals surface area (Å²) in [5.41, 5.74) is 15.2. The summed E-state index contributed by atoms with van der Waals surface area (Å²) in [4.78, 5) is 2.46. The van der Waals surface area contributed by atoms with Crippen LogP contribution in [0.5, 0.6) is 0 Å². The highest BCUT2D eigenvalue weighted by atomic mass is 32.1. The molecule has 282 valence electrons. The lowest BCUT2D eigenvalue weighted by atomic mass is 9.87. The van der Waals surface area contributed by atoms with Crippen LogP contribution < -0.4 is 4.90 Å². The quantitative estimate of drug-likeness (QED) is 0.148. The van der Waals surface area contributed by atoms with Gasteiger partial charge in [0.2, 0.25) is 0 Å². The molecule has 0 spiro atoms. The molecule has 0 fully saturated rings. The minimum absolute atomic E-state index is 1.08. The molecule has 0 aliphatic heterocycles. The van der Waals surface area contributed by atoms with Gasteiger partial charge in [0.1, 0.15) is 0 Å². The highest BCUT2D eigenvalue weighted by Crippen LogP contribution is 2.49. The molecule has 11 rings (SSSR count). The standard InChI is InChI=1S/C58H39NS/c1-3-17-40(18-4-1)48-26-9-10-28-53(48)57-50(42-19-5-2-6-20-42)30-16-33-55(57)59(46-24-13-23-44(39-46)49-29-14-22-41-21-7-8-25-47(41)49)45-37-35-43(36-38-45)51-31-15-32-54-52-27-11-12-34-56(52)60-58(51)54/h1-39H. The number of benzene rings is 10. The molecule has 0 saturated heterocycles. The molecule has 0 atom stereocenters. The lowest BCUT2D eigenvalue weighted by Crippen LogP contribution is -2.12. The first kappa shape index (κ1) is 35.6. The third-order valence-corrected chi connectivity index (χ3v) is 12.9. The second kappa shape index (κ2) is 15.3. The fourth-order valence-corrected chi connectivity index (χ4v) is 10.2. The average Bonchev–Trinajstić information content (AvgIpc) is 3.71. The lowest BCUT2D eigenvalue weighted by Gasteiger charge is -2.30. The molecule has 10 aromatic carbocycles. The average molecular weight is 782 g/mol. The normalized spacial score (nSPS) is 11.3. The molecule has 0 aliphatic rings. The predicted octanol–water partition coefficient (Wildman–Crippen LogP) is 17.0. The van der Waals surface area contributed by atoms with E-state index in [-0.39, 0.29) is 0 Å². The largest absolute Gasteiger partial charge is 0.310 e. The smallest absolute Gasteiger partial charge is 0.0546 e. The van der Waals surface area contributed by atoms with Crippen molar-refractivity contribution in [3.05, 3.63) is 237 Å². The summed E-state index contributed by atoms with van der Waals surface area (Å²) in [6.45, 7) is 0. The number of anilines is 3. The van der Waals surface area contributed by atoms with E-state index in [1.54, 1.807) is 0 Å². The molecule has 11 aromatic rings. The molecule has 0 saturated carbocycles. The van der Waals surface area contributed by atoms with Gasteiger partial charge in [-0.3, -0.25) is 0 Å². The Morgan fingerprint density at radius 3 is 1.65 bits per heavy atom. The van der Waals surface area contributed by atoms with Crippen LogP contribution in [0.15, 0.2) is 237 Å². The molecule has 0 unspecified atom stereocenters. The van der Waals surface area contributed by atoms with Gasteiger partial charge in [-0.15, -0.1) is 11.3 Å². The summed E-state index contributed by atoms with van der Waals surface area (Å²) in [6.07, 6.45) is 0. The molecule has 60 heavy (non-hydrogen) atoms. The zero-order chi connectivity index (χ0) is 39.8. The van der Waals surface area contributed by atoms with Gasteiger partial charge >= 0.3 is 0 Å². The number of rotatable bonds is 8. The lowest BCUT2D eigenvalue weighted by molar-refractivity contribution is 1.28. The zero-order valence-corrected chi connectivity index (χ0v) is 33.7. The Morgan fingerprint density at radius 2 is 0.833 bits per heavy atom. The highest BCUT2D eigenvalue weighted by molar-refractivity contribution is 7.26. The van der Waals surface area contributed by atoms with Crippen LogP contribution in [0.3, 0.4) is 0 Å². The van der Waals surface area contributed by atoms with E-state index in [4.69, 9.17) is 0 Å². The van der Waals surface area contributed by atoms with Crippen LogP contribution in [-0.2, 0) is 0 Å². The van der Waals surface area contributed by atoms with Gasteiger partial charge in [0, 0.05) is 37.1 Å². The molecule has 0 bridgehead atoms. The van der Waals surface area contributed by atoms with Crippen molar-refractivity contribution < 1.29 is 0 Å². The van der Waals surface area contributed by atoms with Crippen molar-refractivity contribution >= 4 is 59.3 Å². The van der Waals surface area contributed by atoms with Crippen LogP contribution >= 0.6 is 11.3 Å². The first-order valence-electron chi connectivity index (χ1n) is 20.5. The second-order valence-electron chi connectivity index (χ2n) is 15.2. The van der Waals surface area contributed by atoms with E-state index < -0.39 is 0 Å². The molecule has 1 aromatic heterocycles. The van der Waals surface area contributed by atoms with Crippen LogP contribution in [0.25, 0.3) is 86.6 Å². The van der Waals surface area contributed by atoms with Crippen LogP contribution in [-0.4, -0.2) is 0 Å². The summed E-state index contributed by atoms with van der Waals surface area (Å²) in [5.74, 6) is 0. The van der Waals surface area contributed by atoms with Crippen molar-refractivity contribution in [1.82, 2.24) is 0 Å². The Bertz CT molecular complexity index is 3300. The number of hydrogen-bond donors (Lipinski definition) is 0. The minimum atomic E-state index is 1.08. The molecular formula is C58H39NS. The van der Waals surface area contributed by atoms with Crippen molar-refractivity contribution in [2.24, 2.45) is 0 Å². The van der Waals surface area contributed by atoms with Crippen molar-refractivity contribution in [3.63, 3.8) is 0 Å². The fourth-order valence-electron chi connectivity index (χ4n) is 8.92. The fraction of sp³-hybridized carbons (Fsp3) is 0. The van der Waals surface area contributed by atoms with E-state index in [2.05, 4.69) is 241 Å². The Morgan fingerprint density at radius 1 is 0.300 bits per heavy atom. The number of nitrogens with zero attached hydrogens (tertiary/aromatic N) is 1. The Hall–Kier alpha value is -7.52. The van der Waals surface area contributed by atoms with Crippen molar-refractivity contribution in [1.29, 1.82) is 0 Å². The van der Waals surface area contributed by atoms with Crippen LogP contribution in [0.2, 0.25) is 0 Å². The molecule has 2 heteroatoms. The highest BCUT2D eigenvalue weighted by Gasteiger charge is 2.23. The van der Waals surface area contributed by atoms with Crippen molar-refractivity contribution in [2.45, 2.75) is 0 Å². The first-order chi connectivity index (χ1) is 29.8. The Balaban J connectivity index is 1.15. The van der Waals surface area contributed by atoms with Gasteiger partial charge in [-0.25, -0.2) is 0 Å². The maximum Gasteiger partial charge on any atom is 0.0546 e. The SMILES string of the molecule is c1ccc(-c2ccccc2-c2c(-c3ccccc3)cccc2N(c2ccc(-c3cccc4c3sc3ccccc34)cc2)c2cccc(-c3cccc4ccccc34)c2)cc1. The first-order valence-corrected chi connectivity index (χ1v) is 21.3. The molecule has 0 aliphatic carbocycles. The predicted molar refractivity (Wildman–Crippen MR) is 259 cm³/mol. The van der Waals surface area contributed by atoms with Gasteiger partial charge in [-0.2, -0.15) is 0 Å². The number of thiophene rings is 1. The Labute approximate surface area is 354 Å². The van der Waals surface area contributed by atoms with E-state index in [0.29, 0.717) is 0 Å². The van der Waals surface area contributed by atoms with Crippen LogP contribution in [0.4, 0.5) is 17.1 Å². The van der Waals surface area contributed by atoms with Gasteiger partial charge in [-0.05, 0) is 97.2 Å². The molecule has 1 heterocycles. The third kappa shape index (κ3) is 6.35. The summed E-state index contributed by atoms with van der Waals surface area (Å²) in [5, 5.41) is 5.10. The number of fused-ring (bicyclic) bond motifs is 4. The third-order valence-electron chi connectivity index (χ3n) is 11.7. The topological polar surface area (TPSA) is 3.24 Å². The monoisotopic (exact) mass is 781 g/mol. The van der Waals surface area contributed by atoms with Gasteiger partial charge < -0.3 is 4.90 Å². The van der Waals surface area contributed by atoms with E-state index in [9.17, 15) is 0 Å². The van der Waals surface area contributed by atoms with E-state index >= 15 is 0 Å². The molecule has 1 nitrogen and oxygen atoms in total. The Kier molecular flexibility index (Phi) is 9.11. The van der Waals surface area contributed by atoms with Gasteiger partial charge in [0.05, 0.1) is 5.69 Å². The van der Waals surface area contributed by atoms with Crippen LogP contribution in [0.1, 0.15) is 0 Å². The summed E-state index contributed by atoms with van der Waals surface area (Å²) in [7, 11) is 0. The van der Waals surface area contributed by atoms with Gasteiger partial charge in [-0.1, -0.05) is 200 Å². The van der Waals surface area contributed by atoms with Crippen molar-refractivity contribution in [2.75, 3.05) is 4.90 Å². The maximum absolute atomic E-state index is 2.46. The molecular weight excluding hydrogens is 743 g/mol. The van der Waals surface area contributed by atoms with Crippen LogP contribution in [0, 0.1) is 0 Å². The van der Waals surface area contributed by atoms with E-state index in [0.717, 1.165) is 17.1 Å². The van der Waals surface area contributed by atoms with Crippen molar-refractivity contribution in [3.8, 4) is 55.6 Å². The summed E-state index contributed by atoms with van der Waals surface area (Å²) >= 11 is 1.88. The summed E-state index contributed by atoms with van der Waals surface area (Å²) in [6, 6.07) is 86.2. The van der Waals surface area contributed by atoms with E-state index in [1.165, 1.54) is 86.6 Å². The number of hydrogen-bond acceptors (Lipinski definition) is 2. The van der Waals surface area contributed by atoms with Gasteiger partial charge in [0.15, 0.2) is 0 Å². The summed E-state index contributed by atoms with van der Waals surface area (Å²) < 4.78 is 2.64. The molecule has 0 radical (unpaired) electrons. The van der Waals surface area contributed by atoms with Gasteiger partial charge in [0.25, 0.3) is 0 Å². The molecule has 0 amide bonds. The molecule has 0 N–H and O–H groups in total. The second-order valence-corrected chi connectivity index (χ2v) is 16.3. The minimum Gasteiger partial charge on any atom is -0.310 e. The zero-order valence-electron chi connectivity index (χ0n) is 32.9.